The Morgan fingerprint density at radius 1 is 1.19 bits per heavy atom. The van der Waals surface area contributed by atoms with E-state index in [2.05, 4.69) is 27.3 Å². The molecule has 152 valence electrons. The summed E-state index contributed by atoms with van der Waals surface area (Å²) in [7, 11) is 1.44. The highest BCUT2D eigenvalue weighted by Crippen LogP contribution is 2.12. The van der Waals surface area contributed by atoms with Crippen LogP contribution in [0, 0.1) is 5.92 Å². The monoisotopic (exact) mass is 371 g/mol. The van der Waals surface area contributed by atoms with Gasteiger partial charge < -0.3 is 24.8 Å². The van der Waals surface area contributed by atoms with Gasteiger partial charge in [0, 0.05) is 45.2 Å². The lowest BCUT2D eigenvalue weighted by Gasteiger charge is -2.11. The van der Waals surface area contributed by atoms with Gasteiger partial charge in [0.25, 0.3) is 0 Å². The van der Waals surface area contributed by atoms with E-state index in [0.29, 0.717) is 12.3 Å². The summed E-state index contributed by atoms with van der Waals surface area (Å²) in [6, 6.07) is 0. The molecule has 0 spiro atoms. The number of methoxy groups -OCH3 is 1. The minimum atomic E-state index is -0.120. The first-order chi connectivity index (χ1) is 12.8. The summed E-state index contributed by atoms with van der Waals surface area (Å²) in [6.07, 6.45) is 6.68. The van der Waals surface area contributed by atoms with Crippen LogP contribution in [0.25, 0.3) is 0 Å². The molecule has 0 aromatic heterocycles. The second-order valence-electron chi connectivity index (χ2n) is 6.59. The van der Waals surface area contributed by atoms with E-state index in [0.717, 1.165) is 90.5 Å². The Hall–Kier alpha value is -1.34. The molecule has 0 aromatic rings. The Bertz CT molecular complexity index is 385. The molecule has 1 atom stereocenters. The average molecular weight is 372 g/mol. The molecule has 0 saturated carbocycles. The number of rotatable bonds is 14. The van der Waals surface area contributed by atoms with Gasteiger partial charge in [0.05, 0.1) is 20.3 Å². The van der Waals surface area contributed by atoms with Crippen molar-refractivity contribution in [3.63, 3.8) is 0 Å². The van der Waals surface area contributed by atoms with Crippen LogP contribution in [-0.4, -0.2) is 65.1 Å². The molecule has 0 aromatic carbocycles. The van der Waals surface area contributed by atoms with Crippen LogP contribution in [0.2, 0.25) is 0 Å². The number of nitrogens with one attached hydrogen (secondary N) is 2. The molecule has 1 aliphatic heterocycles. The van der Waals surface area contributed by atoms with E-state index in [-0.39, 0.29) is 5.97 Å². The number of aliphatic imine (C=N–C) groups is 1. The summed E-state index contributed by atoms with van der Waals surface area (Å²) >= 11 is 0. The highest BCUT2D eigenvalue weighted by Gasteiger charge is 2.15. The van der Waals surface area contributed by atoms with Crippen LogP contribution in [0.5, 0.6) is 0 Å². The fraction of sp³-hybridized carbons (Fsp3) is 0.895. The molecule has 0 aliphatic carbocycles. The number of ether oxygens (including phenoxy) is 3. The second-order valence-corrected chi connectivity index (χ2v) is 6.59. The number of carbonyl (C=O) groups excluding carboxylic acids is 1. The average Bonchev–Trinajstić information content (AvgIpc) is 3.16. The first kappa shape index (κ1) is 22.7. The van der Waals surface area contributed by atoms with E-state index in [4.69, 9.17) is 9.47 Å². The zero-order chi connectivity index (χ0) is 18.9. The maximum Gasteiger partial charge on any atom is 0.305 e. The van der Waals surface area contributed by atoms with Crippen molar-refractivity contribution in [3.05, 3.63) is 0 Å². The number of esters is 1. The molecule has 2 N–H and O–H groups in total. The number of hydrogen-bond donors (Lipinski definition) is 2. The first-order valence-electron chi connectivity index (χ1n) is 10.0. The van der Waals surface area contributed by atoms with Gasteiger partial charge in [0.1, 0.15) is 0 Å². The maximum atomic E-state index is 11.0. The smallest absolute Gasteiger partial charge is 0.305 e. The molecule has 1 rings (SSSR count). The van der Waals surface area contributed by atoms with Gasteiger partial charge >= 0.3 is 5.97 Å². The number of hydrogen-bond acceptors (Lipinski definition) is 5. The van der Waals surface area contributed by atoms with E-state index in [1.807, 2.05) is 0 Å². The largest absolute Gasteiger partial charge is 0.469 e. The molecule has 1 heterocycles. The fourth-order valence-electron chi connectivity index (χ4n) is 2.72. The molecule has 1 fully saturated rings. The molecule has 0 bridgehead atoms. The van der Waals surface area contributed by atoms with Crippen molar-refractivity contribution >= 4 is 11.9 Å². The number of nitrogens with zero attached hydrogens (tertiary/aromatic N) is 1. The Labute approximate surface area is 158 Å². The highest BCUT2D eigenvalue weighted by atomic mass is 16.5. The zero-order valence-electron chi connectivity index (χ0n) is 16.6. The van der Waals surface area contributed by atoms with E-state index < -0.39 is 0 Å². The Morgan fingerprint density at radius 2 is 2.04 bits per heavy atom. The predicted molar refractivity (Wildman–Crippen MR) is 103 cm³/mol. The lowest BCUT2D eigenvalue weighted by atomic mass is 10.1. The molecular weight excluding hydrogens is 334 g/mol. The molecular formula is C19H37N3O4. The molecule has 7 heteroatoms. The summed E-state index contributed by atoms with van der Waals surface area (Å²) in [5.74, 6) is 1.32. The minimum absolute atomic E-state index is 0.120. The van der Waals surface area contributed by atoms with Crippen molar-refractivity contribution < 1.29 is 19.0 Å². The van der Waals surface area contributed by atoms with Gasteiger partial charge in [-0.3, -0.25) is 9.79 Å². The molecule has 1 saturated heterocycles. The third-order valence-corrected chi connectivity index (χ3v) is 4.27. The van der Waals surface area contributed by atoms with Gasteiger partial charge in [0.2, 0.25) is 0 Å². The van der Waals surface area contributed by atoms with E-state index in [1.54, 1.807) is 0 Å². The molecule has 7 nitrogen and oxygen atoms in total. The Balaban J connectivity index is 2.00. The lowest BCUT2D eigenvalue weighted by Crippen LogP contribution is -2.37. The SMILES string of the molecule is CCNC(=NCCCOCC1CCOC1)NCCCCCCC(=O)OC. The third-order valence-electron chi connectivity index (χ3n) is 4.27. The summed E-state index contributed by atoms with van der Waals surface area (Å²) < 4.78 is 15.7. The van der Waals surface area contributed by atoms with Gasteiger partial charge in [0.15, 0.2) is 5.96 Å². The van der Waals surface area contributed by atoms with Crippen LogP contribution in [0.3, 0.4) is 0 Å². The zero-order valence-corrected chi connectivity index (χ0v) is 16.6. The molecule has 0 radical (unpaired) electrons. The number of guanidine groups is 1. The van der Waals surface area contributed by atoms with Crippen LogP contribution in [0.15, 0.2) is 4.99 Å². The van der Waals surface area contributed by atoms with Crippen molar-refractivity contribution in [1.82, 2.24) is 10.6 Å². The fourth-order valence-corrected chi connectivity index (χ4v) is 2.72. The van der Waals surface area contributed by atoms with E-state index in [1.165, 1.54) is 7.11 Å². The first-order valence-corrected chi connectivity index (χ1v) is 10.0. The number of unbranched alkanes of at least 4 members (excludes halogenated alkanes) is 3. The molecule has 26 heavy (non-hydrogen) atoms. The summed E-state index contributed by atoms with van der Waals surface area (Å²) in [5.41, 5.74) is 0. The Kier molecular flexibility index (Phi) is 13.9. The quantitative estimate of drug-likeness (QED) is 0.211. The van der Waals surface area contributed by atoms with Crippen molar-refractivity contribution in [2.75, 3.05) is 53.2 Å². The summed E-state index contributed by atoms with van der Waals surface area (Å²) in [6.45, 7) is 7.84. The van der Waals surface area contributed by atoms with Crippen LogP contribution in [-0.2, 0) is 19.0 Å². The molecule has 0 amide bonds. The topological polar surface area (TPSA) is 81.2 Å². The van der Waals surface area contributed by atoms with Gasteiger partial charge in [-0.25, -0.2) is 0 Å². The van der Waals surface area contributed by atoms with Gasteiger partial charge in [-0.15, -0.1) is 0 Å². The van der Waals surface area contributed by atoms with E-state index >= 15 is 0 Å². The molecule has 1 aliphatic rings. The van der Waals surface area contributed by atoms with Crippen molar-refractivity contribution in [2.24, 2.45) is 10.9 Å². The van der Waals surface area contributed by atoms with Crippen molar-refractivity contribution in [3.8, 4) is 0 Å². The van der Waals surface area contributed by atoms with Gasteiger partial charge in [-0.2, -0.15) is 0 Å². The Morgan fingerprint density at radius 3 is 2.77 bits per heavy atom. The van der Waals surface area contributed by atoms with Crippen molar-refractivity contribution in [1.29, 1.82) is 0 Å². The van der Waals surface area contributed by atoms with Crippen LogP contribution >= 0.6 is 0 Å². The van der Waals surface area contributed by atoms with Crippen molar-refractivity contribution in [2.45, 2.75) is 51.9 Å². The van der Waals surface area contributed by atoms with Gasteiger partial charge in [-0.1, -0.05) is 12.8 Å². The van der Waals surface area contributed by atoms with E-state index in [9.17, 15) is 4.79 Å². The predicted octanol–water partition coefficient (Wildman–Crippen LogP) is 2.11. The molecule has 1 unspecified atom stereocenters. The van der Waals surface area contributed by atoms with Crippen LogP contribution in [0.4, 0.5) is 0 Å². The second kappa shape index (κ2) is 15.9. The maximum absolute atomic E-state index is 11.0. The minimum Gasteiger partial charge on any atom is -0.469 e. The highest BCUT2D eigenvalue weighted by molar-refractivity contribution is 5.79. The standard InChI is InChI=1S/C19H37N3O4/c1-3-20-19(21-11-7-5-4-6-9-18(23)24-2)22-12-8-13-25-15-17-10-14-26-16-17/h17H,3-16H2,1-2H3,(H2,20,21,22). The van der Waals surface area contributed by atoms with Crippen LogP contribution in [0.1, 0.15) is 51.9 Å². The summed E-state index contributed by atoms with van der Waals surface area (Å²) in [5, 5.41) is 6.62. The third kappa shape index (κ3) is 12.1. The van der Waals surface area contributed by atoms with Crippen LogP contribution < -0.4 is 10.6 Å². The summed E-state index contributed by atoms with van der Waals surface area (Å²) in [4.78, 5) is 15.6. The van der Waals surface area contributed by atoms with Gasteiger partial charge in [-0.05, 0) is 32.6 Å². The number of carbonyl (C=O) groups is 1. The lowest BCUT2D eigenvalue weighted by molar-refractivity contribution is -0.140. The normalized spacial score (nSPS) is 17.3.